The number of allylic oxidation sites excluding steroid dienone is 1. The number of ether oxygens (including phenoxy) is 2. The summed E-state index contributed by atoms with van der Waals surface area (Å²) in [5, 5.41) is 18.7. The molecule has 0 aromatic carbocycles. The molecule has 1 aromatic rings. The molecule has 2 aliphatic rings. The quantitative estimate of drug-likeness (QED) is 0.651. The predicted octanol–water partition coefficient (Wildman–Crippen LogP) is 1.11. The van der Waals surface area contributed by atoms with Crippen LogP contribution in [0.5, 0.6) is 0 Å². The summed E-state index contributed by atoms with van der Waals surface area (Å²) in [5.41, 5.74) is -0.126. The normalized spacial score (nSPS) is 31.9. The second kappa shape index (κ2) is 6.18. The van der Waals surface area contributed by atoms with Crippen molar-refractivity contribution in [3.05, 3.63) is 24.0 Å². The average molecular weight is 307 g/mol. The Kier molecular flexibility index (Phi) is 4.26. The Morgan fingerprint density at radius 2 is 2.41 bits per heavy atom. The number of methoxy groups -OCH3 is 1. The highest BCUT2D eigenvalue weighted by Crippen LogP contribution is 2.45. The summed E-state index contributed by atoms with van der Waals surface area (Å²) >= 11 is 0. The number of hydrogen-bond acceptors (Lipinski definition) is 6. The van der Waals surface area contributed by atoms with Gasteiger partial charge in [-0.2, -0.15) is 0 Å². The molecular weight excluding hydrogens is 286 g/mol. The van der Waals surface area contributed by atoms with Gasteiger partial charge in [-0.3, -0.25) is 0 Å². The molecule has 0 unspecified atom stereocenters. The summed E-state index contributed by atoms with van der Waals surface area (Å²) in [6, 6.07) is -0.199. The first kappa shape index (κ1) is 15.2. The van der Waals surface area contributed by atoms with E-state index in [0.29, 0.717) is 13.2 Å². The van der Waals surface area contributed by atoms with Crippen molar-refractivity contribution >= 4 is 5.97 Å². The maximum atomic E-state index is 11.5. The van der Waals surface area contributed by atoms with E-state index >= 15 is 0 Å². The van der Waals surface area contributed by atoms with Gasteiger partial charge in [0, 0.05) is 5.41 Å². The van der Waals surface area contributed by atoms with Crippen LogP contribution in [0.2, 0.25) is 0 Å². The van der Waals surface area contributed by atoms with E-state index in [4.69, 9.17) is 4.74 Å². The molecule has 0 saturated heterocycles. The third kappa shape index (κ3) is 2.66. The zero-order chi connectivity index (χ0) is 15.6. The summed E-state index contributed by atoms with van der Waals surface area (Å²) in [6.07, 6.45) is 8.54. The third-order valence-electron chi connectivity index (χ3n) is 4.71. The van der Waals surface area contributed by atoms with Gasteiger partial charge in [0.15, 0.2) is 5.69 Å². The van der Waals surface area contributed by atoms with Crippen LogP contribution in [0.4, 0.5) is 0 Å². The third-order valence-corrected chi connectivity index (χ3v) is 4.71. The minimum absolute atomic E-state index is 0.159. The number of nitrogens with zero attached hydrogens (tertiary/aromatic N) is 3. The van der Waals surface area contributed by atoms with Crippen molar-refractivity contribution in [2.75, 3.05) is 20.3 Å². The van der Waals surface area contributed by atoms with Gasteiger partial charge in [-0.15, -0.1) is 5.10 Å². The molecule has 7 heteroatoms. The van der Waals surface area contributed by atoms with Crippen LogP contribution in [0.3, 0.4) is 0 Å². The number of rotatable bonds is 2. The fourth-order valence-corrected chi connectivity index (χ4v) is 3.45. The summed E-state index contributed by atoms with van der Waals surface area (Å²) in [4.78, 5) is 11.5. The van der Waals surface area contributed by atoms with Crippen LogP contribution in [0.1, 0.15) is 42.2 Å². The molecular formula is C15H21N3O4. The van der Waals surface area contributed by atoms with E-state index in [9.17, 15) is 9.90 Å². The average Bonchev–Trinajstić information content (AvgIpc) is 2.90. The molecule has 1 spiro atoms. The molecule has 1 aliphatic heterocycles. The Bertz CT molecular complexity index is 571. The highest BCUT2D eigenvalue weighted by molar-refractivity contribution is 5.86. The maximum Gasteiger partial charge on any atom is 0.360 e. The van der Waals surface area contributed by atoms with Gasteiger partial charge in [-0.25, -0.2) is 9.48 Å². The molecule has 7 nitrogen and oxygen atoms in total. The van der Waals surface area contributed by atoms with E-state index in [2.05, 4.69) is 21.1 Å². The van der Waals surface area contributed by atoms with Crippen LogP contribution >= 0.6 is 0 Å². The van der Waals surface area contributed by atoms with E-state index < -0.39 is 12.1 Å². The first-order valence-corrected chi connectivity index (χ1v) is 7.57. The molecule has 0 bridgehead atoms. The fourth-order valence-electron chi connectivity index (χ4n) is 3.45. The topological polar surface area (TPSA) is 86.5 Å². The number of aliphatic hydroxyl groups is 1. The number of esters is 1. The zero-order valence-corrected chi connectivity index (χ0v) is 12.6. The standard InChI is InChI=1S/C15H21N3O4/c1-21-14(20)11-9-18(17-16-11)12-5-4-7-15(13(12)19)6-2-3-8-22-10-15/h2-3,9,12-13,19H,4-8,10H2,1H3/t12-,13+,15+/m0/s1. The summed E-state index contributed by atoms with van der Waals surface area (Å²) in [5.74, 6) is -0.521. The van der Waals surface area contributed by atoms with Gasteiger partial charge in [0.25, 0.3) is 0 Å². The molecule has 1 N–H and O–H groups in total. The van der Waals surface area contributed by atoms with Crippen LogP contribution < -0.4 is 0 Å². The van der Waals surface area contributed by atoms with Gasteiger partial charge in [0.05, 0.1) is 38.7 Å². The fraction of sp³-hybridized carbons (Fsp3) is 0.667. The van der Waals surface area contributed by atoms with Crippen molar-refractivity contribution in [3.8, 4) is 0 Å². The molecule has 3 atom stereocenters. The molecule has 22 heavy (non-hydrogen) atoms. The number of aromatic nitrogens is 3. The zero-order valence-electron chi connectivity index (χ0n) is 12.6. The smallest absolute Gasteiger partial charge is 0.360 e. The van der Waals surface area contributed by atoms with Crippen molar-refractivity contribution in [3.63, 3.8) is 0 Å². The van der Waals surface area contributed by atoms with Gasteiger partial charge in [-0.05, 0) is 19.3 Å². The summed E-state index contributed by atoms with van der Waals surface area (Å²) < 4.78 is 11.9. The van der Waals surface area contributed by atoms with E-state index in [0.717, 1.165) is 25.7 Å². The van der Waals surface area contributed by atoms with Crippen LogP contribution in [0, 0.1) is 5.41 Å². The summed E-state index contributed by atoms with van der Waals surface area (Å²) in [7, 11) is 1.31. The first-order chi connectivity index (χ1) is 10.7. The first-order valence-electron chi connectivity index (χ1n) is 7.57. The predicted molar refractivity (Wildman–Crippen MR) is 77.3 cm³/mol. The monoisotopic (exact) mass is 307 g/mol. The Labute approximate surface area is 128 Å². The largest absolute Gasteiger partial charge is 0.464 e. The van der Waals surface area contributed by atoms with Crippen molar-refractivity contribution in [1.82, 2.24) is 15.0 Å². The number of aliphatic hydroxyl groups excluding tert-OH is 1. The lowest BCUT2D eigenvalue weighted by Gasteiger charge is -2.44. The van der Waals surface area contributed by atoms with Crippen molar-refractivity contribution < 1.29 is 19.4 Å². The molecule has 1 saturated carbocycles. The summed E-state index contributed by atoms with van der Waals surface area (Å²) in [6.45, 7) is 1.13. The van der Waals surface area contributed by atoms with Crippen LogP contribution in [-0.4, -0.2) is 52.5 Å². The maximum absolute atomic E-state index is 11.5. The molecule has 1 aliphatic carbocycles. The lowest BCUT2D eigenvalue weighted by molar-refractivity contribution is -0.0875. The van der Waals surface area contributed by atoms with E-state index in [1.165, 1.54) is 7.11 Å². The SMILES string of the molecule is COC(=O)c1cn([C@H]2CCC[C@@]3(CC=CCOC3)[C@@H]2O)nn1. The number of carbonyl (C=O) groups excluding carboxylic acids is 1. The van der Waals surface area contributed by atoms with Crippen molar-refractivity contribution in [2.24, 2.45) is 5.41 Å². The van der Waals surface area contributed by atoms with E-state index in [-0.39, 0.29) is 17.2 Å². The second-order valence-corrected chi connectivity index (χ2v) is 6.03. The highest BCUT2D eigenvalue weighted by atomic mass is 16.5. The highest BCUT2D eigenvalue weighted by Gasteiger charge is 2.46. The van der Waals surface area contributed by atoms with Gasteiger partial charge >= 0.3 is 5.97 Å². The minimum Gasteiger partial charge on any atom is -0.464 e. The Morgan fingerprint density at radius 3 is 3.23 bits per heavy atom. The Hall–Kier alpha value is -1.73. The molecule has 1 fully saturated rings. The molecule has 0 amide bonds. The Balaban J connectivity index is 1.83. The Morgan fingerprint density at radius 1 is 1.55 bits per heavy atom. The van der Waals surface area contributed by atoms with Gasteiger partial charge in [0.1, 0.15) is 0 Å². The van der Waals surface area contributed by atoms with Crippen LogP contribution in [-0.2, 0) is 9.47 Å². The van der Waals surface area contributed by atoms with E-state index in [1.54, 1.807) is 10.9 Å². The van der Waals surface area contributed by atoms with Gasteiger partial charge in [0.2, 0.25) is 0 Å². The van der Waals surface area contributed by atoms with Crippen LogP contribution in [0.25, 0.3) is 0 Å². The van der Waals surface area contributed by atoms with Gasteiger partial charge in [-0.1, -0.05) is 23.8 Å². The van der Waals surface area contributed by atoms with E-state index in [1.807, 2.05) is 6.08 Å². The molecule has 1 aromatic heterocycles. The molecule has 0 radical (unpaired) electrons. The second-order valence-electron chi connectivity index (χ2n) is 6.03. The van der Waals surface area contributed by atoms with Crippen LogP contribution in [0.15, 0.2) is 18.3 Å². The molecule has 2 heterocycles. The van der Waals surface area contributed by atoms with Crippen molar-refractivity contribution in [1.29, 1.82) is 0 Å². The van der Waals surface area contributed by atoms with Gasteiger partial charge < -0.3 is 14.6 Å². The minimum atomic E-state index is -0.587. The number of hydrogen-bond donors (Lipinski definition) is 1. The lowest BCUT2D eigenvalue weighted by Crippen LogP contribution is -2.47. The molecule has 120 valence electrons. The number of carbonyl (C=O) groups is 1. The molecule has 3 rings (SSSR count). The lowest BCUT2D eigenvalue weighted by atomic mass is 9.68. The van der Waals surface area contributed by atoms with Crippen molar-refractivity contribution in [2.45, 2.75) is 37.8 Å².